The van der Waals surface area contributed by atoms with Gasteiger partial charge < -0.3 is 19.8 Å². The molecule has 0 aliphatic rings. The van der Waals surface area contributed by atoms with Gasteiger partial charge in [0, 0.05) is 0 Å². The van der Waals surface area contributed by atoms with Crippen molar-refractivity contribution < 1.29 is 18.7 Å². The van der Waals surface area contributed by atoms with E-state index in [1.165, 1.54) is 0 Å². The molecule has 3 aromatic rings. The molecule has 0 aliphatic carbocycles. The van der Waals surface area contributed by atoms with Crippen molar-refractivity contribution >= 4 is 17.5 Å². The maximum Gasteiger partial charge on any atom is 0.259 e. The summed E-state index contributed by atoms with van der Waals surface area (Å²) in [6.45, 7) is 2.57. The van der Waals surface area contributed by atoms with E-state index in [0.717, 1.165) is 0 Å². The number of furan rings is 1. The van der Waals surface area contributed by atoms with Crippen LogP contribution in [0.15, 0.2) is 71.3 Å². The molecular formula is C21H20N2O4. The summed E-state index contributed by atoms with van der Waals surface area (Å²) in [5, 5.41) is 5.57. The largest absolute Gasteiger partial charge is 0.493 e. The van der Waals surface area contributed by atoms with E-state index >= 15 is 0 Å². The number of hydrogen-bond acceptors (Lipinski definition) is 4. The van der Waals surface area contributed by atoms with Crippen LogP contribution in [-0.4, -0.2) is 18.4 Å². The van der Waals surface area contributed by atoms with Crippen molar-refractivity contribution in [3.63, 3.8) is 0 Å². The van der Waals surface area contributed by atoms with Crippen molar-refractivity contribution in [1.29, 1.82) is 0 Å². The van der Waals surface area contributed by atoms with E-state index in [4.69, 9.17) is 9.15 Å². The fourth-order valence-electron chi connectivity index (χ4n) is 2.59. The summed E-state index contributed by atoms with van der Waals surface area (Å²) in [6, 6.07) is 17.4. The van der Waals surface area contributed by atoms with Crippen molar-refractivity contribution in [2.75, 3.05) is 11.9 Å². The molecule has 0 fully saturated rings. The van der Waals surface area contributed by atoms with Crippen LogP contribution in [0.3, 0.4) is 0 Å². The molecule has 0 saturated carbocycles. The van der Waals surface area contributed by atoms with Gasteiger partial charge in [-0.3, -0.25) is 9.59 Å². The van der Waals surface area contributed by atoms with E-state index in [-0.39, 0.29) is 18.4 Å². The van der Waals surface area contributed by atoms with Gasteiger partial charge in [-0.15, -0.1) is 0 Å². The van der Waals surface area contributed by atoms with Crippen LogP contribution < -0.4 is 15.4 Å². The first kappa shape index (κ1) is 18.3. The number of anilines is 1. The number of rotatable bonds is 7. The fraction of sp³-hybridized carbons (Fsp3) is 0.143. The molecule has 6 heteroatoms. The molecule has 3 rings (SSSR count). The first-order valence-corrected chi connectivity index (χ1v) is 8.62. The zero-order valence-corrected chi connectivity index (χ0v) is 14.9. The number of carbonyl (C=O) groups is 2. The topological polar surface area (TPSA) is 80.6 Å². The normalized spacial score (nSPS) is 10.3. The Bertz CT molecular complexity index is 919. The summed E-state index contributed by atoms with van der Waals surface area (Å²) < 4.78 is 10.7. The van der Waals surface area contributed by atoms with Crippen molar-refractivity contribution in [2.45, 2.75) is 13.5 Å². The molecule has 2 N–H and O–H groups in total. The Morgan fingerprint density at radius 2 is 1.67 bits per heavy atom. The van der Waals surface area contributed by atoms with Crippen LogP contribution in [-0.2, 0) is 6.54 Å². The SMILES string of the molecule is CCOc1ccccc1C(=O)Nc1ccccc1C(=O)NCc1ccco1. The van der Waals surface area contributed by atoms with Crippen molar-refractivity contribution in [2.24, 2.45) is 0 Å². The first-order valence-electron chi connectivity index (χ1n) is 8.62. The highest BCUT2D eigenvalue weighted by molar-refractivity contribution is 6.10. The van der Waals surface area contributed by atoms with Gasteiger partial charge in [-0.2, -0.15) is 0 Å². The second-order valence-corrected chi connectivity index (χ2v) is 5.69. The average molecular weight is 364 g/mol. The van der Waals surface area contributed by atoms with Crippen LogP contribution in [0.5, 0.6) is 5.75 Å². The maximum atomic E-state index is 12.7. The number of amides is 2. The number of ether oxygens (including phenoxy) is 1. The first-order chi connectivity index (χ1) is 13.2. The number of nitrogens with one attached hydrogen (secondary N) is 2. The molecule has 0 saturated heterocycles. The van der Waals surface area contributed by atoms with Gasteiger partial charge in [0.1, 0.15) is 11.5 Å². The molecular weight excluding hydrogens is 344 g/mol. The lowest BCUT2D eigenvalue weighted by Crippen LogP contribution is -2.24. The van der Waals surface area contributed by atoms with E-state index in [9.17, 15) is 9.59 Å². The predicted octanol–water partition coefficient (Wildman–Crippen LogP) is 3.86. The van der Waals surface area contributed by atoms with E-state index < -0.39 is 0 Å². The lowest BCUT2D eigenvalue weighted by molar-refractivity contribution is 0.0949. The van der Waals surface area contributed by atoms with Crippen LogP contribution in [0.25, 0.3) is 0 Å². The summed E-state index contributed by atoms with van der Waals surface area (Å²) in [4.78, 5) is 25.2. The summed E-state index contributed by atoms with van der Waals surface area (Å²) in [6.07, 6.45) is 1.55. The van der Waals surface area contributed by atoms with Crippen molar-refractivity contribution in [3.05, 3.63) is 83.8 Å². The molecule has 138 valence electrons. The number of carbonyl (C=O) groups excluding carboxylic acids is 2. The summed E-state index contributed by atoms with van der Waals surface area (Å²) in [5.41, 5.74) is 1.20. The van der Waals surface area contributed by atoms with E-state index in [2.05, 4.69) is 10.6 Å². The molecule has 0 spiro atoms. The maximum absolute atomic E-state index is 12.7. The van der Waals surface area contributed by atoms with Gasteiger partial charge in [0.15, 0.2) is 0 Å². The van der Waals surface area contributed by atoms with Crippen LogP contribution in [0.2, 0.25) is 0 Å². The predicted molar refractivity (Wildman–Crippen MR) is 102 cm³/mol. The van der Waals surface area contributed by atoms with E-state index in [0.29, 0.717) is 34.9 Å². The third-order valence-electron chi connectivity index (χ3n) is 3.85. The summed E-state index contributed by atoms with van der Waals surface area (Å²) >= 11 is 0. The van der Waals surface area contributed by atoms with Crippen molar-refractivity contribution in [1.82, 2.24) is 5.32 Å². The minimum Gasteiger partial charge on any atom is -0.493 e. The zero-order chi connectivity index (χ0) is 19.1. The Morgan fingerprint density at radius 3 is 2.41 bits per heavy atom. The van der Waals surface area contributed by atoms with Gasteiger partial charge in [0.05, 0.1) is 36.2 Å². The van der Waals surface area contributed by atoms with Gasteiger partial charge in [-0.25, -0.2) is 0 Å². The summed E-state index contributed by atoms with van der Waals surface area (Å²) in [5.74, 6) is 0.499. The van der Waals surface area contributed by atoms with E-state index in [1.54, 1.807) is 66.9 Å². The third kappa shape index (κ3) is 4.55. The Labute approximate surface area is 157 Å². The highest BCUT2D eigenvalue weighted by Gasteiger charge is 2.16. The molecule has 2 amide bonds. The highest BCUT2D eigenvalue weighted by Crippen LogP contribution is 2.21. The molecule has 0 radical (unpaired) electrons. The van der Waals surface area contributed by atoms with Crippen LogP contribution in [0, 0.1) is 0 Å². The lowest BCUT2D eigenvalue weighted by atomic mass is 10.1. The third-order valence-corrected chi connectivity index (χ3v) is 3.85. The Morgan fingerprint density at radius 1 is 0.926 bits per heavy atom. The zero-order valence-electron chi connectivity index (χ0n) is 14.9. The van der Waals surface area contributed by atoms with Gasteiger partial charge in [-0.1, -0.05) is 24.3 Å². The number of benzene rings is 2. The quantitative estimate of drug-likeness (QED) is 0.667. The van der Waals surface area contributed by atoms with Crippen LogP contribution >= 0.6 is 0 Å². The molecule has 1 heterocycles. The van der Waals surface area contributed by atoms with Gasteiger partial charge in [-0.05, 0) is 43.3 Å². The van der Waals surface area contributed by atoms with Gasteiger partial charge in [0.25, 0.3) is 11.8 Å². The number of para-hydroxylation sites is 2. The molecule has 2 aromatic carbocycles. The lowest BCUT2D eigenvalue weighted by Gasteiger charge is -2.13. The Kier molecular flexibility index (Phi) is 5.89. The standard InChI is InChI=1S/C21H20N2O4/c1-2-26-19-12-6-4-10-17(19)21(25)23-18-11-5-3-9-16(18)20(24)22-14-15-8-7-13-27-15/h3-13H,2,14H2,1H3,(H,22,24)(H,23,25). The smallest absolute Gasteiger partial charge is 0.259 e. The van der Waals surface area contributed by atoms with Gasteiger partial charge in [0.2, 0.25) is 0 Å². The molecule has 27 heavy (non-hydrogen) atoms. The monoisotopic (exact) mass is 364 g/mol. The minimum absolute atomic E-state index is 0.265. The summed E-state index contributed by atoms with van der Waals surface area (Å²) in [7, 11) is 0. The number of hydrogen-bond donors (Lipinski definition) is 2. The highest BCUT2D eigenvalue weighted by atomic mass is 16.5. The molecule has 6 nitrogen and oxygen atoms in total. The van der Waals surface area contributed by atoms with Gasteiger partial charge >= 0.3 is 0 Å². The minimum atomic E-state index is -0.342. The second-order valence-electron chi connectivity index (χ2n) is 5.69. The molecule has 1 aromatic heterocycles. The Hall–Kier alpha value is -3.54. The molecule has 0 aliphatic heterocycles. The molecule has 0 atom stereocenters. The average Bonchev–Trinajstić information content (AvgIpc) is 3.21. The second kappa shape index (κ2) is 8.71. The Balaban J connectivity index is 1.76. The molecule has 0 unspecified atom stereocenters. The fourth-order valence-corrected chi connectivity index (χ4v) is 2.59. The molecule has 0 bridgehead atoms. The van der Waals surface area contributed by atoms with Crippen LogP contribution in [0.1, 0.15) is 33.4 Å². The van der Waals surface area contributed by atoms with Crippen LogP contribution in [0.4, 0.5) is 5.69 Å². The van der Waals surface area contributed by atoms with E-state index in [1.807, 2.05) is 6.92 Å². The van der Waals surface area contributed by atoms with Crippen molar-refractivity contribution in [3.8, 4) is 5.75 Å².